The molecule has 0 radical (unpaired) electrons. The van der Waals surface area contributed by atoms with Crippen molar-refractivity contribution in [2.24, 2.45) is 5.92 Å². The van der Waals surface area contributed by atoms with E-state index < -0.39 is 0 Å². The minimum absolute atomic E-state index is 0.0233. The van der Waals surface area contributed by atoms with E-state index in [9.17, 15) is 9.59 Å². The number of aromatic nitrogens is 2. The summed E-state index contributed by atoms with van der Waals surface area (Å²) in [7, 11) is 0. The molecule has 2 N–H and O–H groups in total. The van der Waals surface area contributed by atoms with Gasteiger partial charge in [0.2, 0.25) is 11.8 Å². The first-order valence-electron chi connectivity index (χ1n) is 10.5. The number of nitrogens with one attached hydrogen (secondary N) is 2. The van der Waals surface area contributed by atoms with Crippen LogP contribution in [0.5, 0.6) is 0 Å². The lowest BCUT2D eigenvalue weighted by Crippen LogP contribution is -2.31. The molecule has 2 aromatic carbocycles. The second-order valence-electron chi connectivity index (χ2n) is 7.85. The average molecular weight is 407 g/mol. The summed E-state index contributed by atoms with van der Waals surface area (Å²) < 4.78 is 1.98. The summed E-state index contributed by atoms with van der Waals surface area (Å²) >= 11 is 0. The monoisotopic (exact) mass is 406 g/mol. The molecule has 158 valence electrons. The number of aryl methyl sites for hydroxylation is 1. The van der Waals surface area contributed by atoms with Crippen molar-refractivity contribution < 1.29 is 9.59 Å². The lowest BCUT2D eigenvalue weighted by molar-refractivity contribution is -0.124. The molecular weight excluding hydrogens is 376 g/mol. The minimum Gasteiger partial charge on any atom is -0.356 e. The first-order chi connectivity index (χ1) is 14.5. The van der Waals surface area contributed by atoms with Crippen LogP contribution in [-0.2, 0) is 22.6 Å². The van der Waals surface area contributed by atoms with Crippen LogP contribution in [0.2, 0.25) is 0 Å². The smallest absolute Gasteiger partial charge is 0.240 e. The maximum Gasteiger partial charge on any atom is 0.240 e. The van der Waals surface area contributed by atoms with Crippen molar-refractivity contribution >= 4 is 22.8 Å². The van der Waals surface area contributed by atoms with Crippen LogP contribution >= 0.6 is 0 Å². The van der Waals surface area contributed by atoms with Gasteiger partial charge in [-0.15, -0.1) is 0 Å². The Morgan fingerprint density at radius 3 is 2.43 bits per heavy atom. The molecule has 6 nitrogen and oxygen atoms in total. The summed E-state index contributed by atoms with van der Waals surface area (Å²) in [5.74, 6) is 0.837. The molecule has 0 saturated heterocycles. The second kappa shape index (κ2) is 10.1. The predicted molar refractivity (Wildman–Crippen MR) is 119 cm³/mol. The van der Waals surface area contributed by atoms with Crippen molar-refractivity contribution in [3.05, 3.63) is 66.0 Å². The maximum atomic E-state index is 12.8. The van der Waals surface area contributed by atoms with E-state index in [1.54, 1.807) is 0 Å². The van der Waals surface area contributed by atoms with Crippen LogP contribution in [0.3, 0.4) is 0 Å². The summed E-state index contributed by atoms with van der Waals surface area (Å²) in [5.41, 5.74) is 2.89. The fourth-order valence-electron chi connectivity index (χ4n) is 3.41. The number of hydrogen-bond acceptors (Lipinski definition) is 3. The number of benzene rings is 2. The van der Waals surface area contributed by atoms with Gasteiger partial charge in [0.15, 0.2) is 0 Å². The molecule has 1 heterocycles. The van der Waals surface area contributed by atoms with Crippen LogP contribution < -0.4 is 10.6 Å². The zero-order chi connectivity index (χ0) is 21.5. The fraction of sp³-hybridized carbons (Fsp3) is 0.375. The van der Waals surface area contributed by atoms with Crippen molar-refractivity contribution in [1.82, 2.24) is 20.2 Å². The molecule has 0 bridgehead atoms. The molecule has 30 heavy (non-hydrogen) atoms. The number of hydrogen-bond donors (Lipinski definition) is 2. The van der Waals surface area contributed by atoms with E-state index in [2.05, 4.69) is 10.6 Å². The van der Waals surface area contributed by atoms with E-state index in [1.165, 1.54) is 0 Å². The standard InChI is InChI=1S/C24H30N4O2/c1-17(2)24(30)25-15-9-14-22-27-20-12-7-8-13-21(20)28(22)16-23(29)26-18(3)19-10-5-4-6-11-19/h4-8,10-13,17-18H,9,14-16H2,1-3H3,(H,25,30)(H,26,29). The van der Waals surface area contributed by atoms with Crippen LogP contribution in [0.4, 0.5) is 0 Å². The molecule has 0 spiro atoms. The van der Waals surface area contributed by atoms with E-state index in [1.807, 2.05) is 79.9 Å². The zero-order valence-corrected chi connectivity index (χ0v) is 17.9. The highest BCUT2D eigenvalue weighted by Crippen LogP contribution is 2.18. The number of carbonyl (C=O) groups excluding carboxylic acids is 2. The van der Waals surface area contributed by atoms with E-state index in [4.69, 9.17) is 4.98 Å². The Kier molecular flexibility index (Phi) is 7.22. The first-order valence-corrected chi connectivity index (χ1v) is 10.5. The Labute approximate surface area is 177 Å². The highest BCUT2D eigenvalue weighted by molar-refractivity contribution is 5.81. The van der Waals surface area contributed by atoms with Crippen molar-refractivity contribution in [1.29, 1.82) is 0 Å². The van der Waals surface area contributed by atoms with Crippen LogP contribution in [0.1, 0.15) is 44.6 Å². The molecular formula is C24H30N4O2. The van der Waals surface area contributed by atoms with E-state index >= 15 is 0 Å². The average Bonchev–Trinajstić information content (AvgIpc) is 3.08. The van der Waals surface area contributed by atoms with Gasteiger partial charge in [0.05, 0.1) is 17.1 Å². The quantitative estimate of drug-likeness (QED) is 0.533. The van der Waals surface area contributed by atoms with Gasteiger partial charge < -0.3 is 15.2 Å². The molecule has 3 rings (SSSR count). The lowest BCUT2D eigenvalue weighted by atomic mass is 10.1. The van der Waals surface area contributed by atoms with Crippen LogP contribution in [0.15, 0.2) is 54.6 Å². The van der Waals surface area contributed by atoms with Crippen molar-refractivity contribution in [2.75, 3.05) is 6.54 Å². The third-order valence-electron chi connectivity index (χ3n) is 5.11. The van der Waals surface area contributed by atoms with Crippen molar-refractivity contribution in [2.45, 2.75) is 46.2 Å². The largest absolute Gasteiger partial charge is 0.356 e. The van der Waals surface area contributed by atoms with Crippen LogP contribution in [0, 0.1) is 5.92 Å². The van der Waals surface area contributed by atoms with Gasteiger partial charge in [-0.05, 0) is 31.0 Å². The van der Waals surface area contributed by atoms with E-state index in [0.29, 0.717) is 13.0 Å². The van der Waals surface area contributed by atoms with Crippen LogP contribution in [0.25, 0.3) is 11.0 Å². The number of fused-ring (bicyclic) bond motifs is 1. The lowest BCUT2D eigenvalue weighted by Gasteiger charge is -2.16. The second-order valence-corrected chi connectivity index (χ2v) is 7.85. The van der Waals surface area contributed by atoms with Gasteiger partial charge in [0.25, 0.3) is 0 Å². The summed E-state index contributed by atoms with van der Waals surface area (Å²) in [6.45, 7) is 6.55. The van der Waals surface area contributed by atoms with Gasteiger partial charge in [0.1, 0.15) is 12.4 Å². The third kappa shape index (κ3) is 5.47. The SMILES string of the molecule is CC(C)C(=O)NCCCc1nc2ccccc2n1CC(=O)NC(C)c1ccccc1. The van der Waals surface area contributed by atoms with Gasteiger partial charge in [-0.3, -0.25) is 9.59 Å². The molecule has 0 saturated carbocycles. The molecule has 6 heteroatoms. The molecule has 2 amide bonds. The maximum absolute atomic E-state index is 12.8. The number of amides is 2. The number of imidazole rings is 1. The predicted octanol–water partition coefficient (Wildman–Crippen LogP) is 3.62. The highest BCUT2D eigenvalue weighted by Gasteiger charge is 2.15. The van der Waals surface area contributed by atoms with Gasteiger partial charge >= 0.3 is 0 Å². The number of carbonyl (C=O) groups is 2. The molecule has 1 atom stereocenters. The molecule has 0 fully saturated rings. The Hall–Kier alpha value is -3.15. The van der Waals surface area contributed by atoms with Crippen LogP contribution in [-0.4, -0.2) is 27.9 Å². The molecule has 1 aromatic heterocycles. The number of rotatable bonds is 9. The molecule has 3 aromatic rings. The number of nitrogens with zero attached hydrogens (tertiary/aromatic N) is 2. The van der Waals surface area contributed by atoms with E-state index in [0.717, 1.165) is 28.8 Å². The molecule has 0 aliphatic carbocycles. The van der Waals surface area contributed by atoms with Gasteiger partial charge in [-0.1, -0.05) is 56.3 Å². The van der Waals surface area contributed by atoms with E-state index in [-0.39, 0.29) is 30.3 Å². The normalized spacial score (nSPS) is 12.1. The molecule has 0 aliphatic rings. The topological polar surface area (TPSA) is 76.0 Å². The Morgan fingerprint density at radius 2 is 1.70 bits per heavy atom. The van der Waals surface area contributed by atoms with Crippen molar-refractivity contribution in [3.8, 4) is 0 Å². The first kappa shape index (κ1) is 21.6. The third-order valence-corrected chi connectivity index (χ3v) is 5.11. The van der Waals surface area contributed by atoms with Gasteiger partial charge in [-0.25, -0.2) is 4.98 Å². The van der Waals surface area contributed by atoms with Crippen molar-refractivity contribution in [3.63, 3.8) is 0 Å². The summed E-state index contributed by atoms with van der Waals surface area (Å²) in [6, 6.07) is 17.7. The zero-order valence-electron chi connectivity index (χ0n) is 17.9. The summed E-state index contributed by atoms with van der Waals surface area (Å²) in [4.78, 5) is 29.2. The molecule has 0 aliphatic heterocycles. The Morgan fingerprint density at radius 1 is 1.00 bits per heavy atom. The summed E-state index contributed by atoms with van der Waals surface area (Å²) in [5, 5.41) is 6.01. The Balaban J connectivity index is 1.68. The fourth-order valence-corrected chi connectivity index (χ4v) is 3.41. The Bertz CT molecular complexity index is 995. The highest BCUT2D eigenvalue weighted by atomic mass is 16.2. The van der Waals surface area contributed by atoms with Gasteiger partial charge in [0, 0.05) is 18.9 Å². The van der Waals surface area contributed by atoms with Gasteiger partial charge in [-0.2, -0.15) is 0 Å². The summed E-state index contributed by atoms with van der Waals surface area (Å²) in [6.07, 6.45) is 1.46. The minimum atomic E-state index is -0.0665. The number of para-hydroxylation sites is 2. The molecule has 1 unspecified atom stereocenters.